The number of carbonyl (C=O) groups excluding carboxylic acids is 1. The normalized spacial score (nSPS) is 17.1. The maximum Gasteiger partial charge on any atom is 0.251 e. The van der Waals surface area contributed by atoms with Crippen LogP contribution < -0.4 is 16.0 Å². The number of aryl methyl sites for hydroxylation is 1. The van der Waals surface area contributed by atoms with E-state index in [1.165, 1.54) is 18.4 Å². The number of aromatic nitrogens is 1. The Hall–Kier alpha value is -2.40. The lowest BCUT2D eigenvalue weighted by molar-refractivity contribution is 0.0955. The van der Waals surface area contributed by atoms with E-state index in [4.69, 9.17) is 0 Å². The minimum atomic E-state index is -0.0230. The summed E-state index contributed by atoms with van der Waals surface area (Å²) in [5.74, 6) is 1.35. The third-order valence-corrected chi connectivity index (χ3v) is 4.63. The number of carbonyl (C=O) groups is 1. The number of benzene rings is 1. The molecular weight excluding hydrogens is 312 g/mol. The van der Waals surface area contributed by atoms with Crippen molar-refractivity contribution < 1.29 is 4.79 Å². The number of rotatable bonds is 6. The number of amides is 1. The van der Waals surface area contributed by atoms with Crippen molar-refractivity contribution in [3.05, 3.63) is 59.3 Å². The minimum Gasteiger partial charge on any atom is -0.368 e. The quantitative estimate of drug-likeness (QED) is 0.709. The van der Waals surface area contributed by atoms with E-state index in [0.717, 1.165) is 30.0 Å². The smallest absolute Gasteiger partial charge is 0.251 e. The van der Waals surface area contributed by atoms with Gasteiger partial charge in [-0.3, -0.25) is 4.79 Å². The molecule has 1 aromatic heterocycles. The molecule has 2 heterocycles. The topological polar surface area (TPSA) is 66.0 Å². The van der Waals surface area contributed by atoms with Gasteiger partial charge < -0.3 is 16.0 Å². The van der Waals surface area contributed by atoms with E-state index in [9.17, 15) is 4.79 Å². The molecule has 1 aliphatic rings. The number of nitrogens with zero attached hydrogens (tertiary/aromatic N) is 1. The Morgan fingerprint density at radius 3 is 3.00 bits per heavy atom. The zero-order valence-corrected chi connectivity index (χ0v) is 14.7. The Bertz CT molecular complexity index is 710. The van der Waals surface area contributed by atoms with Gasteiger partial charge in [0.2, 0.25) is 0 Å². The van der Waals surface area contributed by atoms with Crippen LogP contribution in [0.1, 0.15) is 40.2 Å². The van der Waals surface area contributed by atoms with Crippen LogP contribution in [-0.4, -0.2) is 37.1 Å². The van der Waals surface area contributed by atoms with Crippen molar-refractivity contribution in [2.75, 3.05) is 31.5 Å². The fourth-order valence-corrected chi connectivity index (χ4v) is 3.20. The largest absolute Gasteiger partial charge is 0.368 e. The molecule has 0 bridgehead atoms. The van der Waals surface area contributed by atoms with Crippen molar-refractivity contribution in [2.45, 2.75) is 25.7 Å². The van der Waals surface area contributed by atoms with Crippen LogP contribution in [0.2, 0.25) is 0 Å². The van der Waals surface area contributed by atoms with Gasteiger partial charge in [0.25, 0.3) is 5.91 Å². The van der Waals surface area contributed by atoms with Gasteiger partial charge in [0.15, 0.2) is 0 Å². The highest BCUT2D eigenvalue weighted by molar-refractivity contribution is 5.94. The number of hydrogen-bond acceptors (Lipinski definition) is 4. The van der Waals surface area contributed by atoms with Crippen LogP contribution in [0.3, 0.4) is 0 Å². The van der Waals surface area contributed by atoms with Gasteiger partial charge in [0.05, 0.1) is 0 Å². The van der Waals surface area contributed by atoms with Crippen LogP contribution in [0.15, 0.2) is 42.6 Å². The molecule has 5 heteroatoms. The van der Waals surface area contributed by atoms with E-state index in [1.807, 2.05) is 37.3 Å². The van der Waals surface area contributed by atoms with Crippen LogP contribution in [0.4, 0.5) is 5.82 Å². The maximum absolute atomic E-state index is 12.4. The van der Waals surface area contributed by atoms with E-state index in [-0.39, 0.29) is 5.91 Å². The molecule has 1 aliphatic heterocycles. The molecule has 3 N–H and O–H groups in total. The first kappa shape index (κ1) is 17.4. The summed E-state index contributed by atoms with van der Waals surface area (Å²) in [6.45, 7) is 5.32. The van der Waals surface area contributed by atoms with Gasteiger partial charge in [-0.05, 0) is 61.6 Å². The SMILES string of the molecule is Cc1cccnc1NCCNC(=O)c1cccc(C2CCCNC2)c1. The summed E-state index contributed by atoms with van der Waals surface area (Å²) in [4.78, 5) is 16.7. The second-order valence-electron chi connectivity index (χ2n) is 6.52. The number of piperidine rings is 1. The monoisotopic (exact) mass is 338 g/mol. The average molecular weight is 338 g/mol. The summed E-state index contributed by atoms with van der Waals surface area (Å²) in [6.07, 6.45) is 4.14. The summed E-state index contributed by atoms with van der Waals surface area (Å²) < 4.78 is 0. The highest BCUT2D eigenvalue weighted by Gasteiger charge is 2.16. The fourth-order valence-electron chi connectivity index (χ4n) is 3.20. The predicted octanol–water partition coefficient (Wildman–Crippen LogP) is 2.70. The first-order valence-electron chi connectivity index (χ1n) is 8.98. The molecular formula is C20H26N4O. The van der Waals surface area contributed by atoms with Crippen LogP contribution in [0.25, 0.3) is 0 Å². The molecule has 0 radical (unpaired) electrons. The van der Waals surface area contributed by atoms with Gasteiger partial charge in [0, 0.05) is 31.4 Å². The maximum atomic E-state index is 12.4. The second-order valence-corrected chi connectivity index (χ2v) is 6.52. The van der Waals surface area contributed by atoms with Crippen LogP contribution in [-0.2, 0) is 0 Å². The van der Waals surface area contributed by atoms with Crippen molar-refractivity contribution in [2.24, 2.45) is 0 Å². The Balaban J connectivity index is 1.50. The van der Waals surface area contributed by atoms with Crippen molar-refractivity contribution in [3.63, 3.8) is 0 Å². The summed E-state index contributed by atoms with van der Waals surface area (Å²) in [5, 5.41) is 9.65. The summed E-state index contributed by atoms with van der Waals surface area (Å²) in [7, 11) is 0. The Labute approximate surface area is 149 Å². The molecule has 25 heavy (non-hydrogen) atoms. The number of hydrogen-bond donors (Lipinski definition) is 3. The zero-order valence-electron chi connectivity index (χ0n) is 14.7. The molecule has 2 aromatic rings. The van der Waals surface area contributed by atoms with Crippen LogP contribution in [0.5, 0.6) is 0 Å². The number of anilines is 1. The third-order valence-electron chi connectivity index (χ3n) is 4.63. The minimum absolute atomic E-state index is 0.0230. The van der Waals surface area contributed by atoms with Crippen molar-refractivity contribution in [1.82, 2.24) is 15.6 Å². The lowest BCUT2D eigenvalue weighted by Crippen LogP contribution is -2.30. The third kappa shape index (κ3) is 4.79. The van der Waals surface area contributed by atoms with Gasteiger partial charge in [-0.1, -0.05) is 18.2 Å². The highest BCUT2D eigenvalue weighted by atomic mass is 16.1. The lowest BCUT2D eigenvalue weighted by Gasteiger charge is -2.23. The van der Waals surface area contributed by atoms with E-state index in [0.29, 0.717) is 19.0 Å². The molecule has 0 aliphatic carbocycles. The Morgan fingerprint density at radius 1 is 1.28 bits per heavy atom. The fraction of sp³-hybridized carbons (Fsp3) is 0.400. The van der Waals surface area contributed by atoms with E-state index in [1.54, 1.807) is 6.20 Å². The first-order chi connectivity index (χ1) is 12.2. The molecule has 0 spiro atoms. The van der Waals surface area contributed by atoms with E-state index >= 15 is 0 Å². The molecule has 5 nitrogen and oxygen atoms in total. The van der Waals surface area contributed by atoms with Crippen LogP contribution in [0, 0.1) is 6.92 Å². The molecule has 1 atom stereocenters. The first-order valence-corrected chi connectivity index (χ1v) is 8.98. The molecule has 1 aromatic carbocycles. The summed E-state index contributed by atoms with van der Waals surface area (Å²) in [6, 6.07) is 11.9. The number of nitrogens with one attached hydrogen (secondary N) is 3. The zero-order chi connectivity index (χ0) is 17.5. The van der Waals surface area contributed by atoms with Crippen molar-refractivity contribution >= 4 is 11.7 Å². The molecule has 0 saturated carbocycles. The number of pyridine rings is 1. The van der Waals surface area contributed by atoms with E-state index < -0.39 is 0 Å². The molecule has 132 valence electrons. The second kappa shape index (κ2) is 8.62. The molecule has 1 unspecified atom stereocenters. The van der Waals surface area contributed by atoms with Gasteiger partial charge >= 0.3 is 0 Å². The molecule has 3 rings (SSSR count). The average Bonchev–Trinajstić information content (AvgIpc) is 2.67. The molecule has 1 saturated heterocycles. The van der Waals surface area contributed by atoms with Gasteiger partial charge in [-0.15, -0.1) is 0 Å². The van der Waals surface area contributed by atoms with Crippen molar-refractivity contribution in [3.8, 4) is 0 Å². The van der Waals surface area contributed by atoms with Crippen molar-refractivity contribution in [1.29, 1.82) is 0 Å². The highest BCUT2D eigenvalue weighted by Crippen LogP contribution is 2.23. The predicted molar refractivity (Wildman–Crippen MR) is 101 cm³/mol. The lowest BCUT2D eigenvalue weighted by atomic mass is 9.90. The molecule has 1 amide bonds. The van der Waals surface area contributed by atoms with Gasteiger partial charge in [-0.2, -0.15) is 0 Å². The van der Waals surface area contributed by atoms with E-state index in [2.05, 4.69) is 27.0 Å². The van der Waals surface area contributed by atoms with Gasteiger partial charge in [0.1, 0.15) is 5.82 Å². The summed E-state index contributed by atoms with van der Waals surface area (Å²) >= 11 is 0. The molecule has 1 fully saturated rings. The van der Waals surface area contributed by atoms with Crippen LogP contribution >= 0.6 is 0 Å². The van der Waals surface area contributed by atoms with Gasteiger partial charge in [-0.25, -0.2) is 4.98 Å². The standard InChI is InChI=1S/C20H26N4O/c1-15-5-3-10-22-19(15)23-11-12-24-20(25)17-7-2-6-16(13-17)18-8-4-9-21-14-18/h2-3,5-7,10,13,18,21H,4,8-9,11-12,14H2,1H3,(H,22,23)(H,24,25). The summed E-state index contributed by atoms with van der Waals surface area (Å²) in [5.41, 5.74) is 3.08. The Morgan fingerprint density at radius 2 is 2.20 bits per heavy atom. The Kier molecular flexibility index (Phi) is 6.01.